The van der Waals surface area contributed by atoms with Crippen molar-refractivity contribution in [2.24, 2.45) is 0 Å². The van der Waals surface area contributed by atoms with Crippen molar-refractivity contribution >= 4 is 15.7 Å². The first-order chi connectivity index (χ1) is 11.0. The van der Waals surface area contributed by atoms with Gasteiger partial charge < -0.3 is 0 Å². The van der Waals surface area contributed by atoms with Gasteiger partial charge in [0.2, 0.25) is 0 Å². The average molecular weight is 331 g/mol. The lowest BCUT2D eigenvalue weighted by molar-refractivity contribution is 0.598. The summed E-state index contributed by atoms with van der Waals surface area (Å²) in [5.74, 6) is -0.440. The molecule has 1 N–H and O–H groups in total. The topological polar surface area (TPSA) is 64.0 Å². The van der Waals surface area contributed by atoms with Crippen LogP contribution in [0.15, 0.2) is 65.8 Å². The lowest BCUT2D eigenvalue weighted by atomic mass is 10.2. The van der Waals surface area contributed by atoms with Gasteiger partial charge in [0.25, 0.3) is 10.0 Å². The Balaban J connectivity index is 1.91. The molecule has 1 aromatic heterocycles. The summed E-state index contributed by atoms with van der Waals surface area (Å²) >= 11 is 0. The summed E-state index contributed by atoms with van der Waals surface area (Å²) in [5, 5.41) is 4.10. The molecule has 5 nitrogen and oxygen atoms in total. The molecular weight excluding hydrogens is 317 g/mol. The Kier molecular flexibility index (Phi) is 3.87. The van der Waals surface area contributed by atoms with Crippen LogP contribution in [0.5, 0.6) is 0 Å². The molecule has 0 saturated carbocycles. The molecule has 0 saturated heterocycles. The van der Waals surface area contributed by atoms with Crippen molar-refractivity contribution in [3.8, 4) is 5.69 Å². The first kappa shape index (κ1) is 15.2. The number of benzene rings is 2. The van der Waals surface area contributed by atoms with Gasteiger partial charge in [-0.1, -0.05) is 6.07 Å². The van der Waals surface area contributed by atoms with Gasteiger partial charge in [-0.25, -0.2) is 17.5 Å². The third kappa shape index (κ3) is 3.24. The predicted octanol–water partition coefficient (Wildman–Crippen LogP) is 3.12. The number of anilines is 1. The highest BCUT2D eigenvalue weighted by Crippen LogP contribution is 2.20. The van der Waals surface area contributed by atoms with Crippen molar-refractivity contribution < 1.29 is 12.8 Å². The Hall–Kier alpha value is -2.67. The Morgan fingerprint density at radius 1 is 1.13 bits per heavy atom. The summed E-state index contributed by atoms with van der Waals surface area (Å²) in [6.07, 6.45) is 3.40. The van der Waals surface area contributed by atoms with Crippen LogP contribution in [0.1, 0.15) is 5.56 Å². The predicted molar refractivity (Wildman–Crippen MR) is 85.5 cm³/mol. The molecule has 0 radical (unpaired) electrons. The molecule has 0 bridgehead atoms. The van der Waals surface area contributed by atoms with E-state index in [4.69, 9.17) is 0 Å². The molecule has 0 unspecified atom stereocenters. The van der Waals surface area contributed by atoms with Crippen molar-refractivity contribution in [2.75, 3.05) is 4.72 Å². The highest BCUT2D eigenvalue weighted by atomic mass is 32.2. The number of hydrogen-bond donors (Lipinski definition) is 1. The zero-order valence-electron chi connectivity index (χ0n) is 12.3. The Bertz CT molecular complexity index is 938. The number of sulfonamides is 1. The van der Waals surface area contributed by atoms with E-state index in [1.807, 2.05) is 6.07 Å². The van der Waals surface area contributed by atoms with Gasteiger partial charge in [-0.3, -0.25) is 4.72 Å². The molecule has 0 aliphatic rings. The Labute approximate surface area is 133 Å². The molecule has 7 heteroatoms. The number of aromatic nitrogens is 2. The Morgan fingerprint density at radius 2 is 1.96 bits per heavy atom. The standard InChI is InChI=1S/C16H14FN3O2S/c1-12-10-15(6-7-16(12)17)23(21,22)19-13-4-2-5-14(11-13)20-9-3-8-18-20/h2-11,19H,1H3. The van der Waals surface area contributed by atoms with Crippen molar-refractivity contribution in [2.45, 2.75) is 11.8 Å². The van der Waals surface area contributed by atoms with E-state index in [-0.39, 0.29) is 10.5 Å². The zero-order valence-corrected chi connectivity index (χ0v) is 13.1. The van der Waals surface area contributed by atoms with E-state index in [1.165, 1.54) is 19.1 Å². The van der Waals surface area contributed by atoms with Crippen LogP contribution in [0.4, 0.5) is 10.1 Å². The molecule has 3 aromatic rings. The minimum atomic E-state index is -3.78. The maximum Gasteiger partial charge on any atom is 0.261 e. The highest BCUT2D eigenvalue weighted by molar-refractivity contribution is 7.92. The van der Waals surface area contributed by atoms with Crippen molar-refractivity contribution in [1.29, 1.82) is 0 Å². The number of rotatable bonds is 4. The SMILES string of the molecule is Cc1cc(S(=O)(=O)Nc2cccc(-n3cccn3)c2)ccc1F. The summed E-state index contributed by atoms with van der Waals surface area (Å²) in [6, 6.07) is 12.3. The molecule has 0 amide bonds. The van der Waals surface area contributed by atoms with E-state index in [0.717, 1.165) is 11.8 Å². The van der Waals surface area contributed by atoms with E-state index in [9.17, 15) is 12.8 Å². The van der Waals surface area contributed by atoms with E-state index in [1.54, 1.807) is 41.3 Å². The molecule has 2 aromatic carbocycles. The van der Waals surface area contributed by atoms with Crippen LogP contribution in [0.2, 0.25) is 0 Å². The van der Waals surface area contributed by atoms with Gasteiger partial charge in [-0.05, 0) is 55.0 Å². The van der Waals surface area contributed by atoms with Crippen LogP contribution in [-0.4, -0.2) is 18.2 Å². The lowest BCUT2D eigenvalue weighted by Crippen LogP contribution is -2.13. The van der Waals surface area contributed by atoms with Crippen LogP contribution < -0.4 is 4.72 Å². The third-order valence-electron chi connectivity index (χ3n) is 3.31. The molecule has 0 spiro atoms. The molecule has 1 heterocycles. The molecule has 0 fully saturated rings. The number of nitrogens with zero attached hydrogens (tertiary/aromatic N) is 2. The number of halogens is 1. The van der Waals surface area contributed by atoms with Crippen LogP contribution in [0, 0.1) is 12.7 Å². The molecular formula is C16H14FN3O2S. The van der Waals surface area contributed by atoms with E-state index in [0.29, 0.717) is 5.69 Å². The first-order valence-corrected chi connectivity index (χ1v) is 8.33. The fraction of sp³-hybridized carbons (Fsp3) is 0.0625. The molecule has 3 rings (SSSR count). The largest absolute Gasteiger partial charge is 0.280 e. The van der Waals surface area contributed by atoms with Gasteiger partial charge in [0, 0.05) is 12.4 Å². The second kappa shape index (κ2) is 5.85. The van der Waals surface area contributed by atoms with Gasteiger partial charge in [-0.15, -0.1) is 0 Å². The van der Waals surface area contributed by atoms with Gasteiger partial charge in [-0.2, -0.15) is 5.10 Å². The van der Waals surface area contributed by atoms with Gasteiger partial charge in [0.1, 0.15) is 5.82 Å². The summed E-state index contributed by atoms with van der Waals surface area (Å²) in [5.41, 5.74) is 1.41. The molecule has 118 valence electrons. The summed E-state index contributed by atoms with van der Waals surface area (Å²) in [4.78, 5) is 0.0147. The maximum absolute atomic E-state index is 13.3. The van der Waals surface area contributed by atoms with E-state index in [2.05, 4.69) is 9.82 Å². The van der Waals surface area contributed by atoms with Crippen LogP contribution in [0.25, 0.3) is 5.69 Å². The fourth-order valence-corrected chi connectivity index (χ4v) is 3.27. The molecule has 0 aliphatic heterocycles. The zero-order chi connectivity index (χ0) is 16.4. The molecule has 0 atom stereocenters. The fourth-order valence-electron chi connectivity index (χ4n) is 2.13. The van der Waals surface area contributed by atoms with Crippen molar-refractivity contribution in [3.05, 3.63) is 72.3 Å². The van der Waals surface area contributed by atoms with E-state index >= 15 is 0 Å². The lowest BCUT2D eigenvalue weighted by Gasteiger charge is -2.10. The smallest absolute Gasteiger partial charge is 0.261 e. The summed E-state index contributed by atoms with van der Waals surface area (Å²) in [6.45, 7) is 1.52. The minimum absolute atomic E-state index is 0.0147. The van der Waals surface area contributed by atoms with Crippen molar-refractivity contribution in [3.63, 3.8) is 0 Å². The van der Waals surface area contributed by atoms with Gasteiger partial charge in [0.05, 0.1) is 16.3 Å². The monoisotopic (exact) mass is 331 g/mol. The quantitative estimate of drug-likeness (QED) is 0.799. The number of nitrogens with one attached hydrogen (secondary N) is 1. The average Bonchev–Trinajstić information content (AvgIpc) is 3.04. The summed E-state index contributed by atoms with van der Waals surface area (Å²) < 4.78 is 42.2. The second-order valence-corrected chi connectivity index (χ2v) is 6.70. The molecule has 0 aliphatic carbocycles. The third-order valence-corrected chi connectivity index (χ3v) is 4.69. The molecule has 23 heavy (non-hydrogen) atoms. The van der Waals surface area contributed by atoms with E-state index < -0.39 is 15.8 Å². The van der Waals surface area contributed by atoms with Gasteiger partial charge in [0.15, 0.2) is 0 Å². The number of aryl methyl sites for hydroxylation is 1. The van der Waals surface area contributed by atoms with Crippen LogP contribution in [-0.2, 0) is 10.0 Å². The number of hydrogen-bond acceptors (Lipinski definition) is 3. The minimum Gasteiger partial charge on any atom is -0.280 e. The van der Waals surface area contributed by atoms with Crippen LogP contribution >= 0.6 is 0 Å². The van der Waals surface area contributed by atoms with Gasteiger partial charge >= 0.3 is 0 Å². The Morgan fingerprint density at radius 3 is 2.65 bits per heavy atom. The summed E-state index contributed by atoms with van der Waals surface area (Å²) in [7, 11) is -3.78. The first-order valence-electron chi connectivity index (χ1n) is 6.85. The maximum atomic E-state index is 13.3. The van der Waals surface area contributed by atoms with Crippen LogP contribution in [0.3, 0.4) is 0 Å². The normalized spacial score (nSPS) is 11.4. The second-order valence-electron chi connectivity index (χ2n) is 5.02. The van der Waals surface area contributed by atoms with Crippen molar-refractivity contribution in [1.82, 2.24) is 9.78 Å². The highest BCUT2D eigenvalue weighted by Gasteiger charge is 2.15.